The maximum absolute atomic E-state index is 5.16. The summed E-state index contributed by atoms with van der Waals surface area (Å²) in [6.07, 6.45) is 11.3. The molecule has 1 nitrogen and oxygen atoms in total. The molecule has 1 aliphatic rings. The van der Waals surface area contributed by atoms with Gasteiger partial charge in [-0.25, -0.2) is 0 Å². The Hall–Kier alpha value is -0.130. The number of hydrogen-bond acceptors (Lipinski definition) is 2. The average Bonchev–Trinajstić information content (AvgIpc) is 2.48. The molecule has 0 aromatic carbocycles. The van der Waals surface area contributed by atoms with Crippen molar-refractivity contribution in [2.24, 2.45) is 0 Å². The van der Waals surface area contributed by atoms with E-state index >= 15 is 0 Å². The van der Waals surface area contributed by atoms with E-state index in [4.69, 9.17) is 6.42 Å². The van der Waals surface area contributed by atoms with Gasteiger partial charge in [-0.1, -0.05) is 5.92 Å². The van der Waals surface area contributed by atoms with Crippen LogP contribution in [0.5, 0.6) is 0 Å². The van der Waals surface area contributed by atoms with Crippen molar-refractivity contribution in [1.82, 2.24) is 5.32 Å². The van der Waals surface area contributed by atoms with Gasteiger partial charge >= 0.3 is 0 Å². The first-order valence-electron chi connectivity index (χ1n) is 4.06. The molecule has 1 N–H and O–H groups in total. The van der Waals surface area contributed by atoms with Gasteiger partial charge in [0, 0.05) is 11.3 Å². The van der Waals surface area contributed by atoms with E-state index in [1.807, 2.05) is 11.8 Å². The Morgan fingerprint density at radius 2 is 2.45 bits per heavy atom. The second-order valence-electron chi connectivity index (χ2n) is 2.95. The second kappa shape index (κ2) is 4.69. The minimum absolute atomic E-state index is 0.684. The first-order valence-corrected chi connectivity index (χ1v) is 5.35. The summed E-state index contributed by atoms with van der Waals surface area (Å²) in [5, 5.41) is 4.21. The summed E-state index contributed by atoms with van der Waals surface area (Å²) >= 11 is 1.98. The number of hydrogen-bond donors (Lipinski definition) is 1. The Morgan fingerprint density at radius 3 is 3.00 bits per heavy atom. The summed E-state index contributed by atoms with van der Waals surface area (Å²) in [7, 11) is 0. The molecule has 2 atom stereocenters. The summed E-state index contributed by atoms with van der Waals surface area (Å²) in [6, 6.07) is 0.684. The zero-order chi connectivity index (χ0) is 8.10. The lowest BCUT2D eigenvalue weighted by Gasteiger charge is -2.09. The Balaban J connectivity index is 2.15. The van der Waals surface area contributed by atoms with Crippen molar-refractivity contribution in [2.75, 3.05) is 12.8 Å². The molecule has 0 bridgehead atoms. The van der Waals surface area contributed by atoms with E-state index in [0.29, 0.717) is 6.04 Å². The van der Waals surface area contributed by atoms with E-state index in [0.717, 1.165) is 11.8 Å². The van der Waals surface area contributed by atoms with Crippen molar-refractivity contribution in [3.05, 3.63) is 0 Å². The molecule has 0 saturated heterocycles. The molecule has 1 aliphatic carbocycles. The molecule has 0 aromatic heterocycles. The molecule has 0 aliphatic heterocycles. The SMILES string of the molecule is C#CCNC1CCC(SC)C1. The van der Waals surface area contributed by atoms with Crippen molar-refractivity contribution in [1.29, 1.82) is 0 Å². The summed E-state index contributed by atoms with van der Waals surface area (Å²) < 4.78 is 0. The van der Waals surface area contributed by atoms with Crippen molar-refractivity contribution in [3.63, 3.8) is 0 Å². The second-order valence-corrected chi connectivity index (χ2v) is 4.09. The zero-order valence-electron chi connectivity index (χ0n) is 6.97. The molecule has 0 amide bonds. The Kier molecular flexibility index (Phi) is 3.82. The normalized spacial score (nSPS) is 30.2. The highest BCUT2D eigenvalue weighted by Crippen LogP contribution is 2.27. The van der Waals surface area contributed by atoms with Crippen LogP contribution in [0.2, 0.25) is 0 Å². The molecule has 1 fully saturated rings. The quantitative estimate of drug-likeness (QED) is 0.642. The van der Waals surface area contributed by atoms with Crippen LogP contribution in [0.25, 0.3) is 0 Å². The minimum atomic E-state index is 0.684. The molecule has 2 heteroatoms. The topological polar surface area (TPSA) is 12.0 Å². The van der Waals surface area contributed by atoms with Gasteiger partial charge in [-0.05, 0) is 25.5 Å². The van der Waals surface area contributed by atoms with E-state index in [9.17, 15) is 0 Å². The largest absolute Gasteiger partial charge is 0.303 e. The summed E-state index contributed by atoms with van der Waals surface area (Å²) in [4.78, 5) is 0. The predicted octanol–water partition coefficient (Wildman–Crippen LogP) is 1.49. The smallest absolute Gasteiger partial charge is 0.0575 e. The lowest BCUT2D eigenvalue weighted by molar-refractivity contribution is 0.562. The zero-order valence-corrected chi connectivity index (χ0v) is 7.79. The molecular weight excluding hydrogens is 154 g/mol. The number of nitrogens with one attached hydrogen (secondary N) is 1. The number of rotatable bonds is 3. The fourth-order valence-electron chi connectivity index (χ4n) is 1.54. The maximum atomic E-state index is 5.16. The molecular formula is C9H15NS. The van der Waals surface area contributed by atoms with Crippen molar-refractivity contribution in [2.45, 2.75) is 30.6 Å². The molecule has 2 unspecified atom stereocenters. The van der Waals surface area contributed by atoms with E-state index < -0.39 is 0 Å². The highest BCUT2D eigenvalue weighted by Gasteiger charge is 2.22. The molecule has 0 radical (unpaired) electrons. The van der Waals surface area contributed by atoms with Crippen LogP contribution < -0.4 is 5.32 Å². The van der Waals surface area contributed by atoms with Gasteiger partial charge in [-0.15, -0.1) is 6.42 Å². The average molecular weight is 169 g/mol. The van der Waals surface area contributed by atoms with Crippen LogP contribution in [-0.4, -0.2) is 24.1 Å². The first-order chi connectivity index (χ1) is 5.36. The van der Waals surface area contributed by atoms with Crippen LogP contribution in [0.15, 0.2) is 0 Å². The van der Waals surface area contributed by atoms with Gasteiger partial charge in [0.25, 0.3) is 0 Å². The summed E-state index contributed by atoms with van der Waals surface area (Å²) in [6.45, 7) is 0.728. The Labute approximate surface area is 73.3 Å². The maximum Gasteiger partial charge on any atom is 0.0575 e. The molecule has 0 spiro atoms. The van der Waals surface area contributed by atoms with Crippen LogP contribution in [0, 0.1) is 12.3 Å². The monoisotopic (exact) mass is 169 g/mol. The van der Waals surface area contributed by atoms with Gasteiger partial charge in [0.1, 0.15) is 0 Å². The van der Waals surface area contributed by atoms with Crippen LogP contribution in [0.3, 0.4) is 0 Å². The van der Waals surface area contributed by atoms with Gasteiger partial charge in [0.15, 0.2) is 0 Å². The van der Waals surface area contributed by atoms with Crippen LogP contribution in [0.4, 0.5) is 0 Å². The highest BCUT2D eigenvalue weighted by molar-refractivity contribution is 7.99. The van der Waals surface area contributed by atoms with Gasteiger partial charge in [-0.3, -0.25) is 0 Å². The predicted molar refractivity (Wildman–Crippen MR) is 51.8 cm³/mol. The third kappa shape index (κ3) is 2.76. The lowest BCUT2D eigenvalue weighted by atomic mass is 10.2. The van der Waals surface area contributed by atoms with E-state index in [-0.39, 0.29) is 0 Å². The molecule has 0 heterocycles. The van der Waals surface area contributed by atoms with Crippen LogP contribution >= 0.6 is 11.8 Å². The first kappa shape index (κ1) is 8.96. The van der Waals surface area contributed by atoms with E-state index in [1.165, 1.54) is 19.3 Å². The molecule has 1 rings (SSSR count). The third-order valence-electron chi connectivity index (χ3n) is 2.21. The highest BCUT2D eigenvalue weighted by atomic mass is 32.2. The number of terminal acetylenes is 1. The lowest BCUT2D eigenvalue weighted by Crippen LogP contribution is -2.26. The van der Waals surface area contributed by atoms with E-state index in [1.54, 1.807) is 0 Å². The van der Waals surface area contributed by atoms with Crippen LogP contribution in [-0.2, 0) is 0 Å². The van der Waals surface area contributed by atoms with Crippen molar-refractivity contribution >= 4 is 11.8 Å². The summed E-state index contributed by atoms with van der Waals surface area (Å²) in [5.41, 5.74) is 0. The van der Waals surface area contributed by atoms with Crippen molar-refractivity contribution < 1.29 is 0 Å². The Morgan fingerprint density at radius 1 is 1.64 bits per heavy atom. The van der Waals surface area contributed by atoms with Crippen molar-refractivity contribution in [3.8, 4) is 12.3 Å². The minimum Gasteiger partial charge on any atom is -0.303 e. The summed E-state index contributed by atoms with van der Waals surface area (Å²) in [5.74, 6) is 2.61. The fourth-order valence-corrected chi connectivity index (χ4v) is 2.34. The van der Waals surface area contributed by atoms with Gasteiger partial charge in [0.2, 0.25) is 0 Å². The number of thioether (sulfide) groups is 1. The molecule has 11 heavy (non-hydrogen) atoms. The molecule has 62 valence electrons. The van der Waals surface area contributed by atoms with Gasteiger partial charge in [-0.2, -0.15) is 11.8 Å². The van der Waals surface area contributed by atoms with E-state index in [2.05, 4.69) is 17.5 Å². The standard InChI is InChI=1S/C9H15NS/c1-3-6-10-8-4-5-9(7-8)11-2/h1,8-10H,4-7H2,2H3. The molecule has 0 aromatic rings. The third-order valence-corrected chi connectivity index (χ3v) is 3.31. The fraction of sp³-hybridized carbons (Fsp3) is 0.778. The van der Waals surface area contributed by atoms with Gasteiger partial charge in [0.05, 0.1) is 6.54 Å². The van der Waals surface area contributed by atoms with Crippen LogP contribution in [0.1, 0.15) is 19.3 Å². The van der Waals surface area contributed by atoms with Gasteiger partial charge < -0.3 is 5.32 Å². The molecule has 1 saturated carbocycles. The Bertz CT molecular complexity index is 150.